The van der Waals surface area contributed by atoms with Crippen LogP contribution >= 0.6 is 0 Å². The van der Waals surface area contributed by atoms with Crippen LogP contribution in [0.25, 0.3) is 0 Å². The van der Waals surface area contributed by atoms with Crippen molar-refractivity contribution in [2.24, 2.45) is 0 Å². The quantitative estimate of drug-likeness (QED) is 0.725. The maximum absolute atomic E-state index is 11.7. The van der Waals surface area contributed by atoms with E-state index >= 15 is 0 Å². The first kappa shape index (κ1) is 12.2. The van der Waals surface area contributed by atoms with Crippen molar-refractivity contribution in [1.82, 2.24) is 20.1 Å². The van der Waals surface area contributed by atoms with E-state index in [0.717, 1.165) is 0 Å². The topological polar surface area (TPSA) is 97.1 Å². The van der Waals surface area contributed by atoms with Crippen LogP contribution in [0.3, 0.4) is 0 Å². The molecule has 1 aromatic rings. The third-order valence-electron chi connectivity index (χ3n) is 2.24. The molecule has 7 heteroatoms. The molecule has 1 unspecified atom stereocenters. The third-order valence-corrected chi connectivity index (χ3v) is 2.24. The van der Waals surface area contributed by atoms with Crippen LogP contribution < -0.4 is 5.32 Å². The highest BCUT2D eigenvalue weighted by molar-refractivity contribution is 5.85. The molecule has 0 bridgehead atoms. The smallest absolute Gasteiger partial charge is 0.326 e. The van der Waals surface area contributed by atoms with Crippen molar-refractivity contribution in [2.45, 2.75) is 32.4 Å². The molecule has 0 saturated heterocycles. The first-order chi connectivity index (χ1) is 7.56. The standard InChI is InChI=1S/C9H14N4O3/c1-3-7(9(15)16)12-8(14)6(2)13-5-10-4-11-13/h4-7H,3H2,1-2H3,(H,12,14)(H,15,16)/t6?,7-/m1/s1. The van der Waals surface area contributed by atoms with E-state index in [1.54, 1.807) is 13.8 Å². The first-order valence-electron chi connectivity index (χ1n) is 4.93. The Labute approximate surface area is 92.5 Å². The number of rotatable bonds is 5. The number of nitrogens with one attached hydrogen (secondary N) is 1. The van der Waals surface area contributed by atoms with E-state index in [2.05, 4.69) is 15.4 Å². The van der Waals surface area contributed by atoms with Crippen LogP contribution in [0.2, 0.25) is 0 Å². The summed E-state index contributed by atoms with van der Waals surface area (Å²) in [7, 11) is 0. The van der Waals surface area contributed by atoms with Crippen LogP contribution in [0.15, 0.2) is 12.7 Å². The molecule has 0 aliphatic heterocycles. The molecule has 1 heterocycles. The lowest BCUT2D eigenvalue weighted by Gasteiger charge is -2.16. The molecule has 0 aromatic carbocycles. The molecular weight excluding hydrogens is 212 g/mol. The van der Waals surface area contributed by atoms with E-state index in [-0.39, 0.29) is 5.91 Å². The van der Waals surface area contributed by atoms with Crippen molar-refractivity contribution in [3.63, 3.8) is 0 Å². The zero-order valence-corrected chi connectivity index (χ0v) is 9.12. The Kier molecular flexibility index (Phi) is 3.98. The normalized spacial score (nSPS) is 14.1. The molecular formula is C9H14N4O3. The number of hydrogen-bond acceptors (Lipinski definition) is 4. The summed E-state index contributed by atoms with van der Waals surface area (Å²) >= 11 is 0. The maximum atomic E-state index is 11.7. The van der Waals surface area contributed by atoms with E-state index in [9.17, 15) is 9.59 Å². The molecule has 0 fully saturated rings. The van der Waals surface area contributed by atoms with Crippen LogP contribution in [0.4, 0.5) is 0 Å². The lowest BCUT2D eigenvalue weighted by molar-refractivity contribution is -0.142. The SMILES string of the molecule is CC[C@@H](NC(=O)C(C)n1cncn1)C(=O)O. The highest BCUT2D eigenvalue weighted by Crippen LogP contribution is 2.03. The van der Waals surface area contributed by atoms with Gasteiger partial charge in [-0.2, -0.15) is 5.10 Å². The number of aromatic nitrogens is 3. The fraction of sp³-hybridized carbons (Fsp3) is 0.556. The average molecular weight is 226 g/mol. The minimum atomic E-state index is -1.04. The Morgan fingerprint density at radius 1 is 1.56 bits per heavy atom. The van der Waals surface area contributed by atoms with Crippen molar-refractivity contribution in [3.05, 3.63) is 12.7 Å². The van der Waals surface area contributed by atoms with Gasteiger partial charge in [-0.25, -0.2) is 14.5 Å². The van der Waals surface area contributed by atoms with Crippen LogP contribution in [0.1, 0.15) is 26.3 Å². The molecule has 88 valence electrons. The van der Waals surface area contributed by atoms with E-state index < -0.39 is 18.1 Å². The average Bonchev–Trinajstić information content (AvgIpc) is 2.77. The molecule has 7 nitrogen and oxygen atoms in total. The molecule has 1 rings (SSSR count). The van der Waals surface area contributed by atoms with Gasteiger partial charge in [-0.1, -0.05) is 6.92 Å². The van der Waals surface area contributed by atoms with Gasteiger partial charge < -0.3 is 10.4 Å². The van der Waals surface area contributed by atoms with Gasteiger partial charge in [-0.15, -0.1) is 0 Å². The number of aliphatic carboxylic acids is 1. The zero-order valence-electron chi connectivity index (χ0n) is 9.12. The van der Waals surface area contributed by atoms with Crippen molar-refractivity contribution in [2.75, 3.05) is 0 Å². The first-order valence-corrected chi connectivity index (χ1v) is 4.93. The van der Waals surface area contributed by atoms with E-state index in [0.29, 0.717) is 6.42 Å². The van der Waals surface area contributed by atoms with E-state index in [4.69, 9.17) is 5.11 Å². The number of carbonyl (C=O) groups is 2. The second-order valence-electron chi connectivity index (χ2n) is 3.36. The fourth-order valence-corrected chi connectivity index (χ4v) is 1.17. The van der Waals surface area contributed by atoms with Crippen LogP contribution in [-0.2, 0) is 9.59 Å². The largest absolute Gasteiger partial charge is 0.480 e. The molecule has 0 radical (unpaired) electrons. The third kappa shape index (κ3) is 2.78. The molecule has 0 saturated carbocycles. The molecule has 0 aliphatic carbocycles. The number of hydrogen-bond donors (Lipinski definition) is 2. The summed E-state index contributed by atoms with van der Waals surface area (Å²) in [6.45, 7) is 3.32. The maximum Gasteiger partial charge on any atom is 0.326 e. The lowest BCUT2D eigenvalue weighted by Crippen LogP contribution is -2.43. The lowest BCUT2D eigenvalue weighted by atomic mass is 10.2. The molecule has 2 atom stereocenters. The summed E-state index contributed by atoms with van der Waals surface area (Å²) in [6.07, 6.45) is 3.06. The molecule has 16 heavy (non-hydrogen) atoms. The highest BCUT2D eigenvalue weighted by Gasteiger charge is 2.22. The summed E-state index contributed by atoms with van der Waals surface area (Å²) in [5, 5.41) is 15.0. The minimum Gasteiger partial charge on any atom is -0.480 e. The number of carbonyl (C=O) groups excluding carboxylic acids is 1. The van der Waals surface area contributed by atoms with Crippen LogP contribution in [0.5, 0.6) is 0 Å². The van der Waals surface area contributed by atoms with Gasteiger partial charge in [0.05, 0.1) is 0 Å². The van der Waals surface area contributed by atoms with Gasteiger partial charge in [0.25, 0.3) is 0 Å². The van der Waals surface area contributed by atoms with Gasteiger partial charge in [-0.3, -0.25) is 4.79 Å². The van der Waals surface area contributed by atoms with Crippen molar-refractivity contribution >= 4 is 11.9 Å². The Hall–Kier alpha value is -1.92. The number of carboxylic acids is 1. The summed E-state index contributed by atoms with van der Waals surface area (Å²) in [6, 6.07) is -1.44. The molecule has 1 aromatic heterocycles. The summed E-state index contributed by atoms with van der Waals surface area (Å²) in [5.41, 5.74) is 0. The Morgan fingerprint density at radius 3 is 2.69 bits per heavy atom. The van der Waals surface area contributed by atoms with Gasteiger partial charge in [0.15, 0.2) is 0 Å². The minimum absolute atomic E-state index is 0.338. The summed E-state index contributed by atoms with van der Waals surface area (Å²) in [5.74, 6) is -1.43. The zero-order chi connectivity index (χ0) is 12.1. The molecule has 1 amide bonds. The number of carboxylic acid groups (broad SMARTS) is 1. The van der Waals surface area contributed by atoms with Gasteiger partial charge in [-0.05, 0) is 13.3 Å². The molecule has 2 N–H and O–H groups in total. The number of nitrogens with zero attached hydrogens (tertiary/aromatic N) is 3. The monoisotopic (exact) mass is 226 g/mol. The van der Waals surface area contributed by atoms with Gasteiger partial charge in [0, 0.05) is 0 Å². The molecule has 0 aliphatic rings. The van der Waals surface area contributed by atoms with E-state index in [1.165, 1.54) is 17.3 Å². The second kappa shape index (κ2) is 5.24. The highest BCUT2D eigenvalue weighted by atomic mass is 16.4. The van der Waals surface area contributed by atoms with Crippen molar-refractivity contribution in [1.29, 1.82) is 0 Å². The Morgan fingerprint density at radius 2 is 2.25 bits per heavy atom. The Balaban J connectivity index is 2.61. The predicted octanol–water partition coefficient (Wildman–Crippen LogP) is -0.182. The Bertz CT molecular complexity index is 363. The fourth-order valence-electron chi connectivity index (χ4n) is 1.17. The van der Waals surface area contributed by atoms with Gasteiger partial charge in [0.2, 0.25) is 5.91 Å². The summed E-state index contributed by atoms with van der Waals surface area (Å²) in [4.78, 5) is 26.1. The number of amides is 1. The van der Waals surface area contributed by atoms with Crippen molar-refractivity contribution < 1.29 is 14.7 Å². The van der Waals surface area contributed by atoms with Gasteiger partial charge in [0.1, 0.15) is 24.7 Å². The molecule has 0 spiro atoms. The van der Waals surface area contributed by atoms with E-state index in [1.807, 2.05) is 0 Å². The van der Waals surface area contributed by atoms with Crippen LogP contribution in [-0.4, -0.2) is 37.8 Å². The second-order valence-corrected chi connectivity index (χ2v) is 3.36. The van der Waals surface area contributed by atoms with Crippen molar-refractivity contribution in [3.8, 4) is 0 Å². The van der Waals surface area contributed by atoms with Gasteiger partial charge >= 0.3 is 5.97 Å². The predicted molar refractivity (Wildman–Crippen MR) is 54.6 cm³/mol. The van der Waals surface area contributed by atoms with Crippen LogP contribution in [0, 0.1) is 0 Å². The summed E-state index contributed by atoms with van der Waals surface area (Å²) < 4.78 is 1.36.